The maximum Gasteiger partial charge on any atom is 0.323 e. The summed E-state index contributed by atoms with van der Waals surface area (Å²) in [5, 5.41) is 9.00. The molecule has 0 fully saturated rings. The minimum atomic E-state index is -0.866. The predicted octanol–water partition coefficient (Wildman–Crippen LogP) is 2.29. The van der Waals surface area contributed by atoms with E-state index < -0.39 is 5.97 Å². The van der Waals surface area contributed by atoms with Gasteiger partial charge in [-0.3, -0.25) is 4.79 Å². The fourth-order valence-electron chi connectivity index (χ4n) is 1.62. The van der Waals surface area contributed by atoms with Gasteiger partial charge < -0.3 is 10.0 Å². The molecule has 0 amide bonds. The lowest BCUT2D eigenvalue weighted by molar-refractivity contribution is -0.135. The van der Waals surface area contributed by atoms with Crippen LogP contribution in [0.3, 0.4) is 0 Å². The van der Waals surface area contributed by atoms with E-state index >= 15 is 0 Å². The van der Waals surface area contributed by atoms with Gasteiger partial charge in [0, 0.05) is 17.3 Å². The first-order chi connectivity index (χ1) is 8.21. The third kappa shape index (κ3) is 3.68. The van der Waals surface area contributed by atoms with E-state index in [4.69, 9.17) is 5.11 Å². The number of anilines is 1. The van der Waals surface area contributed by atoms with Crippen LogP contribution in [0, 0.1) is 0 Å². The molecule has 0 bridgehead atoms. The molecule has 1 aromatic rings. The van der Waals surface area contributed by atoms with Crippen LogP contribution in [-0.2, 0) is 4.79 Å². The fourth-order valence-corrected chi connectivity index (χ4v) is 1.62. The zero-order chi connectivity index (χ0) is 13.9. The molecule has 0 saturated carbocycles. The molecule has 0 aliphatic carbocycles. The van der Waals surface area contributed by atoms with E-state index in [-0.39, 0.29) is 12.1 Å². The summed E-state index contributed by atoms with van der Waals surface area (Å²) in [7, 11) is 0. The number of hydrogen-bond donors (Lipinski definition) is 1. The molecule has 0 aliphatic heterocycles. The van der Waals surface area contributed by atoms with Crippen LogP contribution >= 0.6 is 0 Å². The van der Waals surface area contributed by atoms with E-state index in [2.05, 4.69) is 9.97 Å². The Kier molecular flexibility index (Phi) is 4.27. The lowest BCUT2D eigenvalue weighted by Gasteiger charge is -2.35. The normalized spacial score (nSPS) is 11.7. The molecular weight excluding hydrogens is 230 g/mol. The molecule has 5 heteroatoms. The van der Waals surface area contributed by atoms with Crippen molar-refractivity contribution >= 4 is 11.8 Å². The van der Waals surface area contributed by atoms with Crippen molar-refractivity contribution in [3.8, 4) is 0 Å². The molecule has 5 nitrogen and oxygen atoms in total. The SMILES string of the molecule is CC(C)c1cc(N(CC(=O)O)C(C)(C)C)ncn1. The number of aliphatic carboxylic acids is 1. The molecule has 18 heavy (non-hydrogen) atoms. The summed E-state index contributed by atoms with van der Waals surface area (Å²) >= 11 is 0. The van der Waals surface area contributed by atoms with Gasteiger partial charge >= 0.3 is 5.97 Å². The highest BCUT2D eigenvalue weighted by atomic mass is 16.4. The van der Waals surface area contributed by atoms with E-state index in [9.17, 15) is 4.79 Å². The van der Waals surface area contributed by atoms with Gasteiger partial charge in [0.2, 0.25) is 0 Å². The summed E-state index contributed by atoms with van der Waals surface area (Å²) in [4.78, 5) is 21.1. The largest absolute Gasteiger partial charge is 0.480 e. The van der Waals surface area contributed by atoms with Gasteiger partial charge in [-0.05, 0) is 26.7 Å². The van der Waals surface area contributed by atoms with Crippen molar-refractivity contribution in [1.82, 2.24) is 9.97 Å². The average Bonchev–Trinajstić information content (AvgIpc) is 2.24. The molecule has 1 heterocycles. The first kappa shape index (κ1) is 14.4. The van der Waals surface area contributed by atoms with Crippen molar-refractivity contribution in [3.05, 3.63) is 18.1 Å². The number of rotatable bonds is 4. The Morgan fingerprint density at radius 2 is 2.00 bits per heavy atom. The van der Waals surface area contributed by atoms with E-state index in [1.165, 1.54) is 6.33 Å². The molecule has 100 valence electrons. The maximum atomic E-state index is 11.0. The first-order valence-electron chi connectivity index (χ1n) is 6.03. The number of carbonyl (C=O) groups is 1. The Labute approximate surface area is 108 Å². The molecule has 0 spiro atoms. The van der Waals surface area contributed by atoms with E-state index in [0.717, 1.165) is 5.69 Å². The number of carboxylic acids is 1. The lowest BCUT2D eigenvalue weighted by Crippen LogP contribution is -2.45. The topological polar surface area (TPSA) is 66.3 Å². The summed E-state index contributed by atoms with van der Waals surface area (Å²) in [5.74, 6) is 0.0802. The highest BCUT2D eigenvalue weighted by Crippen LogP contribution is 2.23. The Morgan fingerprint density at radius 3 is 2.44 bits per heavy atom. The second-order valence-electron chi connectivity index (χ2n) is 5.61. The molecule has 0 unspecified atom stereocenters. The second-order valence-corrected chi connectivity index (χ2v) is 5.61. The van der Waals surface area contributed by atoms with Crippen molar-refractivity contribution in [1.29, 1.82) is 0 Å². The number of nitrogens with zero attached hydrogens (tertiary/aromatic N) is 3. The zero-order valence-electron chi connectivity index (χ0n) is 11.6. The van der Waals surface area contributed by atoms with Gasteiger partial charge in [-0.25, -0.2) is 9.97 Å². The Bertz CT molecular complexity index is 424. The standard InChI is InChI=1S/C13H21N3O2/c1-9(2)10-6-11(15-8-14-10)16(7-12(17)18)13(3,4)5/h6,8-9H,7H2,1-5H3,(H,17,18). The van der Waals surface area contributed by atoms with Crippen molar-refractivity contribution < 1.29 is 9.90 Å². The zero-order valence-corrected chi connectivity index (χ0v) is 11.6. The lowest BCUT2D eigenvalue weighted by atomic mass is 10.1. The van der Waals surface area contributed by atoms with Crippen LogP contribution in [0.25, 0.3) is 0 Å². The van der Waals surface area contributed by atoms with E-state index in [1.54, 1.807) is 4.90 Å². The van der Waals surface area contributed by atoms with Gasteiger partial charge in [-0.15, -0.1) is 0 Å². The molecule has 1 rings (SSSR count). The van der Waals surface area contributed by atoms with Gasteiger partial charge in [-0.2, -0.15) is 0 Å². The highest BCUT2D eigenvalue weighted by molar-refractivity contribution is 5.73. The third-order valence-corrected chi connectivity index (χ3v) is 2.65. The Balaban J connectivity index is 3.13. The molecule has 1 N–H and O–H groups in total. The Morgan fingerprint density at radius 1 is 1.39 bits per heavy atom. The minimum absolute atomic E-state index is 0.0714. The van der Waals surface area contributed by atoms with Gasteiger partial charge in [0.25, 0.3) is 0 Å². The van der Waals surface area contributed by atoms with Crippen LogP contribution < -0.4 is 4.90 Å². The highest BCUT2D eigenvalue weighted by Gasteiger charge is 2.25. The number of carboxylic acid groups (broad SMARTS) is 1. The van der Waals surface area contributed by atoms with E-state index in [0.29, 0.717) is 11.7 Å². The quantitative estimate of drug-likeness (QED) is 0.889. The Hall–Kier alpha value is -1.65. The molecule has 1 aromatic heterocycles. The molecule has 0 atom stereocenters. The minimum Gasteiger partial charge on any atom is -0.480 e. The van der Waals surface area contributed by atoms with Crippen LogP contribution in [-0.4, -0.2) is 33.1 Å². The third-order valence-electron chi connectivity index (χ3n) is 2.65. The summed E-state index contributed by atoms with van der Waals surface area (Å²) in [5.41, 5.74) is 0.612. The maximum absolute atomic E-state index is 11.0. The molecule has 0 aromatic carbocycles. The predicted molar refractivity (Wildman–Crippen MR) is 70.9 cm³/mol. The number of aromatic nitrogens is 2. The second kappa shape index (κ2) is 5.33. The van der Waals surface area contributed by atoms with Gasteiger partial charge in [0.1, 0.15) is 18.7 Å². The summed E-state index contributed by atoms with van der Waals surface area (Å²) in [6.07, 6.45) is 1.49. The first-order valence-corrected chi connectivity index (χ1v) is 6.03. The van der Waals surface area contributed by atoms with Crippen LogP contribution in [0.2, 0.25) is 0 Å². The van der Waals surface area contributed by atoms with Crippen molar-refractivity contribution in [2.24, 2.45) is 0 Å². The molecule has 0 saturated heterocycles. The monoisotopic (exact) mass is 251 g/mol. The molecule has 0 radical (unpaired) electrons. The fraction of sp³-hybridized carbons (Fsp3) is 0.615. The van der Waals surface area contributed by atoms with Crippen LogP contribution in [0.4, 0.5) is 5.82 Å². The van der Waals surface area contributed by atoms with Gasteiger partial charge in [0.05, 0.1) is 0 Å². The van der Waals surface area contributed by atoms with Crippen LogP contribution in [0.5, 0.6) is 0 Å². The van der Waals surface area contributed by atoms with Crippen molar-refractivity contribution in [2.75, 3.05) is 11.4 Å². The molecule has 0 aliphatic rings. The number of hydrogen-bond acceptors (Lipinski definition) is 4. The average molecular weight is 251 g/mol. The van der Waals surface area contributed by atoms with Crippen LogP contribution in [0.1, 0.15) is 46.2 Å². The van der Waals surface area contributed by atoms with E-state index in [1.807, 2.05) is 40.7 Å². The summed E-state index contributed by atoms with van der Waals surface area (Å²) < 4.78 is 0. The van der Waals surface area contributed by atoms with Gasteiger partial charge in [0.15, 0.2) is 0 Å². The summed E-state index contributed by atoms with van der Waals surface area (Å²) in [6, 6.07) is 1.86. The summed E-state index contributed by atoms with van der Waals surface area (Å²) in [6.45, 7) is 9.92. The molecular formula is C13H21N3O2. The smallest absolute Gasteiger partial charge is 0.323 e. The van der Waals surface area contributed by atoms with Crippen molar-refractivity contribution in [2.45, 2.75) is 46.1 Å². The van der Waals surface area contributed by atoms with Gasteiger partial charge in [-0.1, -0.05) is 13.8 Å². The van der Waals surface area contributed by atoms with Crippen molar-refractivity contribution in [3.63, 3.8) is 0 Å². The van der Waals surface area contributed by atoms with Crippen LogP contribution in [0.15, 0.2) is 12.4 Å².